The van der Waals surface area contributed by atoms with Crippen LogP contribution in [0.2, 0.25) is 0 Å². The zero-order chi connectivity index (χ0) is 31.0. The third kappa shape index (κ3) is 8.77. The van der Waals surface area contributed by atoms with E-state index in [1.165, 1.54) is 17.2 Å². The minimum atomic E-state index is -3.88. The first-order valence-corrected chi connectivity index (χ1v) is 15.8. The summed E-state index contributed by atoms with van der Waals surface area (Å²) in [4.78, 5) is 37.6. The van der Waals surface area contributed by atoms with Crippen LogP contribution in [0.3, 0.4) is 0 Å². The Morgan fingerprint density at radius 3 is 2.14 bits per heavy atom. The Bertz CT molecular complexity index is 1270. The predicted molar refractivity (Wildman–Crippen MR) is 152 cm³/mol. The van der Waals surface area contributed by atoms with Gasteiger partial charge in [-0.3, -0.25) is 18.7 Å². The summed E-state index contributed by atoms with van der Waals surface area (Å²) >= 11 is 0. The van der Waals surface area contributed by atoms with Crippen molar-refractivity contribution < 1.29 is 37.5 Å². The van der Waals surface area contributed by atoms with Gasteiger partial charge in [0, 0.05) is 6.08 Å². The molecule has 1 aliphatic rings. The van der Waals surface area contributed by atoms with Crippen molar-refractivity contribution >= 4 is 36.4 Å². The fourth-order valence-corrected chi connectivity index (χ4v) is 6.05. The van der Waals surface area contributed by atoms with E-state index in [1.807, 2.05) is 27.7 Å². The lowest BCUT2D eigenvalue weighted by Crippen LogP contribution is -2.45. The van der Waals surface area contributed by atoms with Crippen LogP contribution in [0.5, 0.6) is 0 Å². The number of rotatable bonds is 16. The molecule has 0 fully saturated rings. The number of nitrogen functional groups attached to an aromatic ring is 1. The standard InChI is InChI=1S/C26H41FN7O7P/c1-7-18(25(35)38-10-15(3)4)32-42(37,33-19(8-2)26(36)39-11-16(5)6)14-40-20-9-17(27)24(41-20)34-13-31-21-22(28)29-12-30-23(21)34/h9,12-13,15-16,18-20,24H,7-8,10-11,14H2,1-6H3,(H2,28,29,30)(H2,32,33,37)/t18?,19?,20-,24+,42?/m0/s1. The molecule has 0 saturated heterocycles. The molecule has 3 rings (SSSR count). The molecule has 0 spiro atoms. The van der Waals surface area contributed by atoms with Crippen LogP contribution in [-0.4, -0.2) is 69.4 Å². The first kappa shape index (κ1) is 33.5. The van der Waals surface area contributed by atoms with E-state index in [1.54, 1.807) is 13.8 Å². The molecule has 2 aromatic heterocycles. The summed E-state index contributed by atoms with van der Waals surface area (Å²) in [5, 5.41) is 5.63. The third-order valence-electron chi connectivity index (χ3n) is 6.09. The molecule has 1 aliphatic heterocycles. The van der Waals surface area contributed by atoms with Gasteiger partial charge in [-0.25, -0.2) is 29.5 Å². The maximum Gasteiger partial charge on any atom is 0.323 e. The Balaban J connectivity index is 1.77. The normalized spacial score (nSPS) is 20.0. The van der Waals surface area contributed by atoms with Crippen molar-refractivity contribution in [2.45, 2.75) is 79.0 Å². The monoisotopic (exact) mass is 613 g/mol. The average Bonchev–Trinajstić information content (AvgIpc) is 3.54. The number of anilines is 1. The predicted octanol–water partition coefficient (Wildman–Crippen LogP) is 3.42. The molecule has 0 bridgehead atoms. The summed E-state index contributed by atoms with van der Waals surface area (Å²) in [6, 6.07) is -1.94. The number of hydrogen-bond acceptors (Lipinski definition) is 11. The Hall–Kier alpha value is -2.97. The molecule has 3 heterocycles. The summed E-state index contributed by atoms with van der Waals surface area (Å²) in [5.41, 5.74) is 6.36. The van der Waals surface area contributed by atoms with Crippen LogP contribution in [-0.2, 0) is 33.1 Å². The maximum atomic E-state index is 15.0. The number of ether oxygens (including phenoxy) is 4. The molecule has 0 saturated carbocycles. The molecule has 0 aliphatic carbocycles. The van der Waals surface area contributed by atoms with E-state index in [4.69, 9.17) is 24.7 Å². The number of nitrogens with zero attached hydrogens (tertiary/aromatic N) is 4. The van der Waals surface area contributed by atoms with Crippen LogP contribution in [0.1, 0.15) is 60.6 Å². The molecular weight excluding hydrogens is 572 g/mol. The topological polar surface area (TPSA) is 182 Å². The Kier molecular flexibility index (Phi) is 11.9. The second kappa shape index (κ2) is 15.0. The highest BCUT2D eigenvalue weighted by molar-refractivity contribution is 7.59. The number of carbonyl (C=O) groups is 2. The number of fused-ring (bicyclic) bond motifs is 1. The van der Waals surface area contributed by atoms with E-state index in [0.29, 0.717) is 0 Å². The van der Waals surface area contributed by atoms with Crippen molar-refractivity contribution in [2.75, 3.05) is 25.3 Å². The van der Waals surface area contributed by atoms with Gasteiger partial charge in [-0.2, -0.15) is 0 Å². The first-order valence-electron chi connectivity index (χ1n) is 13.9. The van der Waals surface area contributed by atoms with Crippen LogP contribution in [0.4, 0.5) is 10.2 Å². The molecule has 0 radical (unpaired) electrons. The highest BCUT2D eigenvalue weighted by Crippen LogP contribution is 2.41. The third-order valence-corrected chi connectivity index (χ3v) is 8.06. The molecular formula is C26H41FN7O7P. The summed E-state index contributed by atoms with van der Waals surface area (Å²) in [7, 11) is -3.88. The molecule has 14 nitrogen and oxygen atoms in total. The fourth-order valence-electron chi connectivity index (χ4n) is 3.88. The van der Waals surface area contributed by atoms with Gasteiger partial charge in [-0.1, -0.05) is 41.5 Å². The lowest BCUT2D eigenvalue weighted by molar-refractivity contribution is -0.147. The molecule has 0 amide bonds. The van der Waals surface area contributed by atoms with E-state index < -0.39 is 56.2 Å². The number of aromatic nitrogens is 4. The van der Waals surface area contributed by atoms with Crippen molar-refractivity contribution in [2.24, 2.45) is 11.8 Å². The Morgan fingerprint density at radius 2 is 1.62 bits per heavy atom. The van der Waals surface area contributed by atoms with Gasteiger partial charge in [-0.15, -0.1) is 0 Å². The van der Waals surface area contributed by atoms with Crippen molar-refractivity contribution in [3.8, 4) is 0 Å². The van der Waals surface area contributed by atoms with E-state index in [0.717, 1.165) is 6.08 Å². The highest BCUT2D eigenvalue weighted by atomic mass is 31.2. The van der Waals surface area contributed by atoms with Gasteiger partial charge in [0.25, 0.3) is 0 Å². The Morgan fingerprint density at radius 1 is 1.05 bits per heavy atom. The van der Waals surface area contributed by atoms with Crippen LogP contribution in [0, 0.1) is 11.8 Å². The first-order chi connectivity index (χ1) is 19.9. The van der Waals surface area contributed by atoms with Crippen LogP contribution < -0.4 is 15.9 Å². The fraction of sp³-hybridized carbons (Fsp3) is 0.654. The second-order valence-electron chi connectivity index (χ2n) is 10.8. The summed E-state index contributed by atoms with van der Waals surface area (Å²) < 4.78 is 52.7. The lowest BCUT2D eigenvalue weighted by Gasteiger charge is -2.29. The molecule has 42 heavy (non-hydrogen) atoms. The largest absolute Gasteiger partial charge is 0.464 e. The maximum absolute atomic E-state index is 15.0. The van der Waals surface area contributed by atoms with E-state index >= 15 is 4.39 Å². The van der Waals surface area contributed by atoms with Crippen LogP contribution in [0.25, 0.3) is 11.2 Å². The number of halogens is 1. The van der Waals surface area contributed by atoms with Gasteiger partial charge < -0.3 is 24.7 Å². The van der Waals surface area contributed by atoms with Crippen LogP contribution >= 0.6 is 7.44 Å². The molecule has 0 aromatic carbocycles. The number of esters is 2. The quantitative estimate of drug-likeness (QED) is 0.185. The summed E-state index contributed by atoms with van der Waals surface area (Å²) in [5.74, 6) is -1.56. The number of nitrogens with two attached hydrogens (primary N) is 1. The summed E-state index contributed by atoms with van der Waals surface area (Å²) in [6.07, 6.45) is 1.01. The molecule has 16 heteroatoms. The van der Waals surface area contributed by atoms with Crippen molar-refractivity contribution in [1.82, 2.24) is 29.7 Å². The second-order valence-corrected chi connectivity index (χ2v) is 13.0. The van der Waals surface area contributed by atoms with Crippen molar-refractivity contribution in [3.05, 3.63) is 24.6 Å². The van der Waals surface area contributed by atoms with Gasteiger partial charge in [0.2, 0.25) is 7.44 Å². The van der Waals surface area contributed by atoms with Crippen molar-refractivity contribution in [1.29, 1.82) is 0 Å². The average molecular weight is 614 g/mol. The molecule has 2 unspecified atom stereocenters. The zero-order valence-electron chi connectivity index (χ0n) is 24.8. The highest BCUT2D eigenvalue weighted by Gasteiger charge is 2.37. The smallest absolute Gasteiger partial charge is 0.323 e. The van der Waals surface area contributed by atoms with Gasteiger partial charge in [0.15, 0.2) is 29.8 Å². The van der Waals surface area contributed by atoms with E-state index in [-0.39, 0.29) is 54.9 Å². The number of hydrogen-bond donors (Lipinski definition) is 3. The minimum Gasteiger partial charge on any atom is -0.464 e. The van der Waals surface area contributed by atoms with Gasteiger partial charge in [0.1, 0.15) is 30.3 Å². The van der Waals surface area contributed by atoms with Gasteiger partial charge >= 0.3 is 11.9 Å². The van der Waals surface area contributed by atoms with Gasteiger partial charge in [-0.05, 0) is 24.7 Å². The number of imidazole rings is 1. The minimum absolute atomic E-state index is 0.101. The Labute approximate surface area is 244 Å². The molecule has 4 atom stereocenters. The van der Waals surface area contributed by atoms with E-state index in [9.17, 15) is 14.2 Å². The van der Waals surface area contributed by atoms with Crippen LogP contribution in [0.15, 0.2) is 24.6 Å². The number of nitrogens with one attached hydrogen (secondary N) is 2. The molecule has 2 aromatic rings. The zero-order valence-corrected chi connectivity index (χ0v) is 25.7. The van der Waals surface area contributed by atoms with Crippen molar-refractivity contribution in [3.63, 3.8) is 0 Å². The lowest BCUT2D eigenvalue weighted by atomic mass is 10.2. The van der Waals surface area contributed by atoms with Gasteiger partial charge in [0.05, 0.1) is 19.5 Å². The summed E-state index contributed by atoms with van der Waals surface area (Å²) in [6.45, 7) is 11.4. The van der Waals surface area contributed by atoms with E-state index in [2.05, 4.69) is 25.1 Å². The SMILES string of the molecule is CCC(NP(=O)(CO[C@@H]1C=C(F)[C@H](n2cnc3c(N)ncnc32)O1)NC(CC)C(=O)OCC(C)C)C(=O)OCC(C)C. The number of carbonyl (C=O) groups excluding carboxylic acids is 2. The molecule has 234 valence electrons. The molecule has 4 N–H and O–H groups in total.